The summed E-state index contributed by atoms with van der Waals surface area (Å²) in [5.41, 5.74) is 0. The lowest BCUT2D eigenvalue weighted by molar-refractivity contribution is -0.138. The van der Waals surface area contributed by atoms with Gasteiger partial charge < -0.3 is 4.90 Å². The number of hydrogen-bond acceptors (Lipinski definition) is 2. The molecule has 0 bridgehead atoms. The molecular formula is C9H14N2O2. The SMILES string of the molecule is C=NC(=O)CN1CC(C)CCC1=O. The fourth-order valence-corrected chi connectivity index (χ4v) is 1.46. The minimum absolute atomic E-state index is 0.0510. The molecule has 0 spiro atoms. The first-order valence-electron chi connectivity index (χ1n) is 4.41. The highest BCUT2D eigenvalue weighted by molar-refractivity contribution is 5.87. The van der Waals surface area contributed by atoms with Crippen LogP contribution in [-0.2, 0) is 9.59 Å². The molecule has 0 N–H and O–H groups in total. The van der Waals surface area contributed by atoms with Crippen LogP contribution in [0.3, 0.4) is 0 Å². The Bertz CT molecular complexity index is 238. The van der Waals surface area contributed by atoms with Crippen molar-refractivity contribution in [1.82, 2.24) is 4.90 Å². The first kappa shape index (κ1) is 9.89. The van der Waals surface area contributed by atoms with Gasteiger partial charge in [-0.05, 0) is 19.1 Å². The van der Waals surface area contributed by atoms with E-state index >= 15 is 0 Å². The zero-order valence-electron chi connectivity index (χ0n) is 7.82. The molecule has 1 rings (SSSR count). The second-order valence-electron chi connectivity index (χ2n) is 3.47. The van der Waals surface area contributed by atoms with E-state index in [2.05, 4.69) is 18.6 Å². The Morgan fingerprint density at radius 3 is 3.08 bits per heavy atom. The lowest BCUT2D eigenvalue weighted by atomic mass is 10.00. The highest BCUT2D eigenvalue weighted by Crippen LogP contribution is 2.16. The molecule has 0 radical (unpaired) electrons. The molecule has 0 aromatic rings. The summed E-state index contributed by atoms with van der Waals surface area (Å²) >= 11 is 0. The van der Waals surface area contributed by atoms with Gasteiger partial charge in [0.25, 0.3) is 5.91 Å². The van der Waals surface area contributed by atoms with Gasteiger partial charge >= 0.3 is 0 Å². The molecule has 1 heterocycles. The molecule has 4 nitrogen and oxygen atoms in total. The second-order valence-corrected chi connectivity index (χ2v) is 3.47. The number of carbonyl (C=O) groups is 2. The Hall–Kier alpha value is -1.19. The van der Waals surface area contributed by atoms with Gasteiger partial charge in [-0.3, -0.25) is 9.59 Å². The molecule has 1 aliphatic rings. The lowest BCUT2D eigenvalue weighted by Gasteiger charge is -2.29. The summed E-state index contributed by atoms with van der Waals surface area (Å²) in [5, 5.41) is 0. The average Bonchev–Trinajstić information content (AvgIpc) is 2.11. The standard InChI is InChI=1S/C9H14N2O2/c1-7-3-4-9(13)11(5-7)6-8(12)10-2/h7H,2-6H2,1H3. The molecule has 2 amide bonds. The van der Waals surface area contributed by atoms with Crippen LogP contribution in [0.25, 0.3) is 0 Å². The van der Waals surface area contributed by atoms with Crippen LogP contribution in [0, 0.1) is 5.92 Å². The van der Waals surface area contributed by atoms with E-state index in [9.17, 15) is 9.59 Å². The van der Waals surface area contributed by atoms with Gasteiger partial charge in [0, 0.05) is 13.0 Å². The monoisotopic (exact) mass is 182 g/mol. The number of hydrogen-bond donors (Lipinski definition) is 0. The summed E-state index contributed by atoms with van der Waals surface area (Å²) < 4.78 is 0. The van der Waals surface area contributed by atoms with Crippen molar-refractivity contribution in [2.45, 2.75) is 19.8 Å². The zero-order valence-corrected chi connectivity index (χ0v) is 7.82. The number of nitrogens with zero attached hydrogens (tertiary/aromatic N) is 2. The molecule has 4 heteroatoms. The van der Waals surface area contributed by atoms with Gasteiger partial charge in [0.15, 0.2) is 0 Å². The van der Waals surface area contributed by atoms with Gasteiger partial charge in [-0.1, -0.05) is 6.92 Å². The highest BCUT2D eigenvalue weighted by Gasteiger charge is 2.23. The first-order chi connectivity index (χ1) is 6.13. The molecule has 1 fully saturated rings. The van der Waals surface area contributed by atoms with E-state index in [4.69, 9.17) is 0 Å². The molecule has 0 aliphatic carbocycles. The van der Waals surface area contributed by atoms with Crippen LogP contribution in [-0.4, -0.2) is 36.5 Å². The Labute approximate surface area is 77.6 Å². The number of carbonyl (C=O) groups excluding carboxylic acids is 2. The number of aliphatic imine (C=N–C) groups is 1. The Morgan fingerprint density at radius 1 is 1.77 bits per heavy atom. The van der Waals surface area contributed by atoms with Crippen LogP contribution >= 0.6 is 0 Å². The van der Waals surface area contributed by atoms with Crippen molar-refractivity contribution >= 4 is 18.5 Å². The number of amides is 2. The molecule has 1 saturated heterocycles. The Morgan fingerprint density at radius 2 is 2.46 bits per heavy atom. The molecule has 0 aromatic heterocycles. The molecule has 72 valence electrons. The smallest absolute Gasteiger partial charge is 0.264 e. The number of rotatable bonds is 2. The Kier molecular flexibility index (Phi) is 3.17. The highest BCUT2D eigenvalue weighted by atomic mass is 16.2. The fraction of sp³-hybridized carbons (Fsp3) is 0.667. The normalized spacial score (nSPS) is 23.0. The van der Waals surface area contributed by atoms with E-state index in [0.717, 1.165) is 6.42 Å². The molecule has 0 saturated carbocycles. The maximum Gasteiger partial charge on any atom is 0.264 e. The maximum atomic E-state index is 11.3. The van der Waals surface area contributed by atoms with Crippen molar-refractivity contribution in [3.05, 3.63) is 0 Å². The predicted octanol–water partition coefficient (Wildman–Crippen LogP) is 0.472. The van der Waals surface area contributed by atoms with Gasteiger partial charge in [0.05, 0.1) is 0 Å². The van der Waals surface area contributed by atoms with Crippen LogP contribution in [0.5, 0.6) is 0 Å². The predicted molar refractivity (Wildman–Crippen MR) is 49.5 cm³/mol. The second kappa shape index (κ2) is 4.16. The number of piperidine rings is 1. The summed E-state index contributed by atoms with van der Waals surface area (Å²) in [5.74, 6) is 0.202. The van der Waals surface area contributed by atoms with E-state index in [-0.39, 0.29) is 18.4 Å². The first-order valence-corrected chi connectivity index (χ1v) is 4.41. The summed E-state index contributed by atoms with van der Waals surface area (Å²) in [4.78, 5) is 27.0. The van der Waals surface area contributed by atoms with Gasteiger partial charge in [-0.15, -0.1) is 0 Å². The minimum atomic E-state index is -0.331. The van der Waals surface area contributed by atoms with Crippen LogP contribution in [0.15, 0.2) is 4.99 Å². The summed E-state index contributed by atoms with van der Waals surface area (Å²) in [6.45, 7) is 5.96. The van der Waals surface area contributed by atoms with Crippen LogP contribution in [0.2, 0.25) is 0 Å². The summed E-state index contributed by atoms with van der Waals surface area (Å²) in [7, 11) is 0. The molecule has 1 aliphatic heterocycles. The zero-order chi connectivity index (χ0) is 9.84. The molecule has 1 unspecified atom stereocenters. The van der Waals surface area contributed by atoms with Gasteiger partial charge in [-0.2, -0.15) is 0 Å². The van der Waals surface area contributed by atoms with Gasteiger partial charge in [-0.25, -0.2) is 4.99 Å². The fourth-order valence-electron chi connectivity index (χ4n) is 1.46. The minimum Gasteiger partial charge on any atom is -0.333 e. The van der Waals surface area contributed by atoms with E-state index in [0.29, 0.717) is 18.9 Å². The Balaban J connectivity index is 2.51. The molecule has 13 heavy (non-hydrogen) atoms. The summed E-state index contributed by atoms with van der Waals surface area (Å²) in [6, 6.07) is 0. The van der Waals surface area contributed by atoms with Crippen molar-refractivity contribution in [3.8, 4) is 0 Å². The van der Waals surface area contributed by atoms with Crippen molar-refractivity contribution in [2.24, 2.45) is 10.9 Å². The maximum absolute atomic E-state index is 11.3. The quantitative estimate of drug-likeness (QED) is 0.583. The summed E-state index contributed by atoms with van der Waals surface area (Å²) in [6.07, 6.45) is 1.47. The van der Waals surface area contributed by atoms with E-state index in [1.807, 2.05) is 0 Å². The average molecular weight is 182 g/mol. The third kappa shape index (κ3) is 2.65. The van der Waals surface area contributed by atoms with Crippen molar-refractivity contribution < 1.29 is 9.59 Å². The van der Waals surface area contributed by atoms with Crippen LogP contribution < -0.4 is 0 Å². The lowest BCUT2D eigenvalue weighted by Crippen LogP contribution is -2.41. The topological polar surface area (TPSA) is 49.7 Å². The van der Waals surface area contributed by atoms with Crippen molar-refractivity contribution in [2.75, 3.05) is 13.1 Å². The van der Waals surface area contributed by atoms with E-state index in [1.165, 1.54) is 0 Å². The van der Waals surface area contributed by atoms with Gasteiger partial charge in [0.2, 0.25) is 5.91 Å². The largest absolute Gasteiger partial charge is 0.333 e. The van der Waals surface area contributed by atoms with Crippen molar-refractivity contribution in [3.63, 3.8) is 0 Å². The third-order valence-electron chi connectivity index (χ3n) is 2.24. The van der Waals surface area contributed by atoms with E-state index < -0.39 is 0 Å². The van der Waals surface area contributed by atoms with Crippen LogP contribution in [0.4, 0.5) is 0 Å². The molecule has 0 aromatic carbocycles. The third-order valence-corrected chi connectivity index (χ3v) is 2.24. The van der Waals surface area contributed by atoms with Crippen LogP contribution in [0.1, 0.15) is 19.8 Å². The van der Waals surface area contributed by atoms with Gasteiger partial charge in [0.1, 0.15) is 6.54 Å². The number of likely N-dealkylation sites (tertiary alicyclic amines) is 1. The van der Waals surface area contributed by atoms with Crippen molar-refractivity contribution in [1.29, 1.82) is 0 Å². The molecule has 1 atom stereocenters. The van der Waals surface area contributed by atoms with E-state index in [1.54, 1.807) is 4.90 Å². The molecular weight excluding hydrogens is 168 g/mol.